The molecular formula is C41H43F2N5O8. The number of aromatic hydroxyl groups is 1. The monoisotopic (exact) mass is 771 g/mol. The molecule has 2 bridgehead atoms. The molecule has 0 aromatic heterocycles. The van der Waals surface area contributed by atoms with Gasteiger partial charge < -0.3 is 34.7 Å². The van der Waals surface area contributed by atoms with Crippen LogP contribution in [0.3, 0.4) is 0 Å². The fourth-order valence-electron chi connectivity index (χ4n) is 8.96. The fraction of sp³-hybridized carbons (Fsp3) is 0.415. The summed E-state index contributed by atoms with van der Waals surface area (Å²) in [6, 6.07) is 6.50. The number of aryl methyl sites for hydroxylation is 1. The van der Waals surface area contributed by atoms with Gasteiger partial charge in [-0.25, -0.2) is 8.78 Å². The Hall–Kier alpha value is -5.72. The van der Waals surface area contributed by atoms with Crippen molar-refractivity contribution in [1.29, 1.82) is 5.26 Å². The smallest absolute Gasteiger partial charge is 0.308 e. The first-order valence-corrected chi connectivity index (χ1v) is 18.3. The molecule has 0 saturated carbocycles. The minimum atomic E-state index is -2.66. The van der Waals surface area contributed by atoms with E-state index in [9.17, 15) is 33.5 Å². The maximum Gasteiger partial charge on any atom is 0.308 e. The van der Waals surface area contributed by atoms with Gasteiger partial charge in [-0.2, -0.15) is 5.26 Å². The lowest BCUT2D eigenvalue weighted by Gasteiger charge is -2.60. The average Bonchev–Trinajstić information content (AvgIpc) is 3.65. The van der Waals surface area contributed by atoms with E-state index in [4.69, 9.17) is 18.9 Å². The summed E-state index contributed by atoms with van der Waals surface area (Å²) in [4.78, 5) is 43.3. The Morgan fingerprint density at radius 3 is 2.55 bits per heavy atom. The minimum absolute atomic E-state index is 0.0197. The molecule has 3 N–H and O–H groups in total. The van der Waals surface area contributed by atoms with Crippen molar-refractivity contribution in [2.24, 2.45) is 0 Å². The number of hydrogen-bond acceptors (Lipinski definition) is 11. The van der Waals surface area contributed by atoms with Crippen molar-refractivity contribution < 1.29 is 47.2 Å². The van der Waals surface area contributed by atoms with E-state index < -0.39 is 54.4 Å². The molecule has 3 aromatic carbocycles. The number of alkyl halides is 2. The number of ether oxygens (including phenoxy) is 4. The van der Waals surface area contributed by atoms with Crippen molar-refractivity contribution in [2.75, 3.05) is 27.5 Å². The Morgan fingerprint density at radius 2 is 1.86 bits per heavy atom. The Bertz CT molecular complexity index is 2190. The number of amides is 2. The van der Waals surface area contributed by atoms with Crippen molar-refractivity contribution in [3.05, 3.63) is 80.9 Å². The minimum Gasteiger partial charge on any atom is -0.504 e. The van der Waals surface area contributed by atoms with Gasteiger partial charge in [-0.05, 0) is 69.5 Å². The molecule has 294 valence electrons. The normalized spacial score (nSPS) is 22.8. The lowest BCUT2D eigenvalue weighted by molar-refractivity contribution is -0.132. The van der Waals surface area contributed by atoms with Crippen LogP contribution in [0, 0.1) is 25.2 Å². The summed E-state index contributed by atoms with van der Waals surface area (Å²) in [5, 5.41) is 28.3. The number of carbonyl (C=O) groups excluding carboxylic acids is 3. The summed E-state index contributed by atoms with van der Waals surface area (Å²) < 4.78 is 49.8. The first kappa shape index (κ1) is 38.6. The van der Waals surface area contributed by atoms with E-state index in [0.29, 0.717) is 57.2 Å². The zero-order chi connectivity index (χ0) is 40.2. The SMILES string of the molecule is COc1c(C)cc2c(c1O)[C@@H]1C3Cc4c(OC(C)=O)c(C)c5c(c4[C@H](CNC(=O)[C@@H](C)NC(=O)/C=C/c4cccc(C(F)F)c4)N3[C@@H](C#N)[C@H](C2)N1C)OCO5. The lowest BCUT2D eigenvalue weighted by Crippen LogP contribution is -2.69. The Kier molecular flexibility index (Phi) is 10.4. The number of phenolic OH excluding ortho intramolecular Hbond substituents is 1. The fourth-order valence-corrected chi connectivity index (χ4v) is 8.96. The number of hydrogen-bond donors (Lipinski definition) is 3. The first-order valence-electron chi connectivity index (χ1n) is 18.3. The number of methoxy groups -OCH3 is 1. The molecule has 7 rings (SSSR count). The maximum atomic E-state index is 13.7. The molecule has 15 heteroatoms. The van der Waals surface area contributed by atoms with E-state index in [1.165, 1.54) is 51.3 Å². The van der Waals surface area contributed by atoms with E-state index in [0.717, 1.165) is 11.1 Å². The summed E-state index contributed by atoms with van der Waals surface area (Å²) in [7, 11) is 3.44. The van der Waals surface area contributed by atoms with E-state index in [1.54, 1.807) is 13.0 Å². The molecule has 1 fully saturated rings. The number of halogens is 2. The van der Waals surface area contributed by atoms with Crippen LogP contribution in [0.25, 0.3) is 6.08 Å². The summed E-state index contributed by atoms with van der Waals surface area (Å²) in [5.41, 5.74) is 4.40. The molecule has 1 unspecified atom stereocenters. The molecule has 13 nitrogen and oxygen atoms in total. The van der Waals surface area contributed by atoms with Crippen LogP contribution in [-0.2, 0) is 27.2 Å². The van der Waals surface area contributed by atoms with E-state index in [1.807, 2.05) is 20.0 Å². The van der Waals surface area contributed by atoms with E-state index in [2.05, 4.69) is 26.5 Å². The summed E-state index contributed by atoms with van der Waals surface area (Å²) >= 11 is 0. The molecule has 6 atom stereocenters. The Balaban J connectivity index is 1.26. The second-order valence-electron chi connectivity index (χ2n) is 14.6. The van der Waals surface area contributed by atoms with Crippen molar-refractivity contribution in [3.63, 3.8) is 0 Å². The molecule has 0 radical (unpaired) electrons. The molecule has 2 amide bonds. The Morgan fingerprint density at radius 1 is 1.11 bits per heavy atom. The molecule has 0 spiro atoms. The van der Waals surface area contributed by atoms with Crippen molar-refractivity contribution >= 4 is 23.9 Å². The van der Waals surface area contributed by atoms with Gasteiger partial charge in [0.2, 0.25) is 18.6 Å². The van der Waals surface area contributed by atoms with Crippen LogP contribution in [-0.4, -0.2) is 84.4 Å². The number of esters is 1. The highest BCUT2D eigenvalue weighted by Gasteiger charge is 2.57. The van der Waals surface area contributed by atoms with Crippen LogP contribution in [0.5, 0.6) is 28.7 Å². The van der Waals surface area contributed by atoms with Crippen molar-refractivity contribution in [1.82, 2.24) is 20.4 Å². The number of rotatable bonds is 9. The molecule has 4 aliphatic rings. The van der Waals surface area contributed by atoms with Gasteiger partial charge in [-0.15, -0.1) is 0 Å². The van der Waals surface area contributed by atoms with Gasteiger partial charge in [0.05, 0.1) is 25.3 Å². The molecule has 3 aromatic rings. The summed E-state index contributed by atoms with van der Waals surface area (Å²) in [6.45, 7) is 6.33. The zero-order valence-electron chi connectivity index (χ0n) is 31.8. The molecule has 0 aliphatic carbocycles. The van der Waals surface area contributed by atoms with Crippen molar-refractivity contribution in [2.45, 2.75) is 83.2 Å². The topological polar surface area (TPSA) is 163 Å². The first-order chi connectivity index (χ1) is 26.7. The number of likely N-dealkylation sites (N-methyl/N-ethyl adjacent to an activating group) is 1. The van der Waals surface area contributed by atoms with Crippen LogP contribution >= 0.6 is 0 Å². The van der Waals surface area contributed by atoms with Crippen LogP contribution in [0.2, 0.25) is 0 Å². The third-order valence-corrected chi connectivity index (χ3v) is 11.3. The van der Waals surface area contributed by atoms with Crippen LogP contribution in [0.1, 0.15) is 76.9 Å². The number of piperazine rings is 1. The highest BCUT2D eigenvalue weighted by molar-refractivity contribution is 5.95. The maximum absolute atomic E-state index is 13.7. The summed E-state index contributed by atoms with van der Waals surface area (Å²) in [5.74, 6) is -0.172. The largest absolute Gasteiger partial charge is 0.504 e. The third kappa shape index (κ3) is 6.56. The quantitative estimate of drug-likeness (QED) is 0.157. The number of nitrogens with zero attached hydrogens (tertiary/aromatic N) is 3. The van der Waals surface area contributed by atoms with E-state index >= 15 is 0 Å². The van der Waals surface area contributed by atoms with E-state index in [-0.39, 0.29) is 37.1 Å². The van der Waals surface area contributed by atoms with Gasteiger partial charge in [-0.1, -0.05) is 24.3 Å². The number of nitrogens with one attached hydrogen (secondary N) is 2. The average molecular weight is 772 g/mol. The second kappa shape index (κ2) is 15.1. The number of nitriles is 1. The van der Waals surface area contributed by atoms with Crippen LogP contribution in [0.15, 0.2) is 36.4 Å². The zero-order valence-corrected chi connectivity index (χ0v) is 31.8. The Labute approximate surface area is 322 Å². The second-order valence-corrected chi connectivity index (χ2v) is 14.6. The highest BCUT2D eigenvalue weighted by atomic mass is 19.3. The van der Waals surface area contributed by atoms with Gasteiger partial charge in [0, 0.05) is 59.4 Å². The van der Waals surface area contributed by atoms with Gasteiger partial charge in [0.1, 0.15) is 17.8 Å². The standard InChI is InChI=1S/C41H43F2N5O8/c1-19-12-25-14-27-29(16-44)48-28(34(47(27)5)32(25)35(51)36(19)53-6)15-26-33(39-38(54-18-55-39)20(2)37(26)56-22(4)49)30(48)17-45-41(52)21(3)46-31(50)11-10-23-8-7-9-24(13-23)40(42)43/h7-13,21,27-30,34,40,51H,14-15,17-18H2,1-6H3,(H,45,52)(H,46,50)/b11-10+/t21-,27+,28?,29+,30+,34+/m1/s1. The molecule has 1 saturated heterocycles. The number of phenols is 1. The molecule has 56 heavy (non-hydrogen) atoms. The predicted molar refractivity (Wildman–Crippen MR) is 199 cm³/mol. The number of carbonyl (C=O) groups is 3. The number of fused-ring (bicyclic) bond motifs is 9. The number of benzene rings is 3. The third-order valence-electron chi connectivity index (χ3n) is 11.3. The van der Waals surface area contributed by atoms with Gasteiger partial charge in [0.25, 0.3) is 6.43 Å². The van der Waals surface area contributed by atoms with Gasteiger partial charge in [0.15, 0.2) is 23.0 Å². The van der Waals surface area contributed by atoms with Gasteiger partial charge >= 0.3 is 5.97 Å². The molecule has 4 aliphatic heterocycles. The molecular weight excluding hydrogens is 728 g/mol. The summed E-state index contributed by atoms with van der Waals surface area (Å²) in [6.07, 6.45) is 0.638. The van der Waals surface area contributed by atoms with Gasteiger partial charge in [-0.3, -0.25) is 24.2 Å². The van der Waals surface area contributed by atoms with Crippen LogP contribution in [0.4, 0.5) is 8.78 Å². The molecule has 4 heterocycles. The predicted octanol–water partition coefficient (Wildman–Crippen LogP) is 4.71. The van der Waals surface area contributed by atoms with Crippen LogP contribution < -0.4 is 29.6 Å². The van der Waals surface area contributed by atoms with Crippen molar-refractivity contribution in [3.8, 4) is 34.8 Å². The highest BCUT2D eigenvalue weighted by Crippen LogP contribution is 2.58. The lowest BCUT2D eigenvalue weighted by atomic mass is 9.71.